The van der Waals surface area contributed by atoms with Crippen molar-refractivity contribution >= 4 is 5.91 Å². The number of rotatable bonds is 8. The van der Waals surface area contributed by atoms with Crippen LogP contribution in [0.1, 0.15) is 37.8 Å². The molecule has 1 aromatic carbocycles. The Hall–Kier alpha value is -2.99. The number of nitrogens with zero attached hydrogens (tertiary/aromatic N) is 4. The van der Waals surface area contributed by atoms with Crippen LogP contribution in [0.4, 0.5) is 0 Å². The fourth-order valence-corrected chi connectivity index (χ4v) is 4.88. The Kier molecular flexibility index (Phi) is 7.00. The van der Waals surface area contributed by atoms with Crippen LogP contribution in [0.15, 0.2) is 61.2 Å². The van der Waals surface area contributed by atoms with Gasteiger partial charge < -0.3 is 5.32 Å². The SMILES string of the molecule is CCNC(=O)[C@]1(Cc2ccccc2-c2cccnc2)CCCN(Cc2cnn(CC)c2)C1. The first-order valence-corrected chi connectivity index (χ1v) is 11.6. The van der Waals surface area contributed by atoms with Gasteiger partial charge in [0.05, 0.1) is 11.6 Å². The van der Waals surface area contributed by atoms with Gasteiger partial charge in [0.25, 0.3) is 0 Å². The molecule has 0 saturated carbocycles. The van der Waals surface area contributed by atoms with Crippen molar-refractivity contribution in [1.82, 2.24) is 25.0 Å². The number of aryl methyl sites for hydroxylation is 1. The van der Waals surface area contributed by atoms with Gasteiger partial charge in [-0.25, -0.2) is 0 Å². The normalized spacial score (nSPS) is 19.1. The van der Waals surface area contributed by atoms with Crippen molar-refractivity contribution in [2.24, 2.45) is 5.41 Å². The second-order valence-corrected chi connectivity index (χ2v) is 8.73. The molecule has 4 rings (SSSR count). The quantitative estimate of drug-likeness (QED) is 0.587. The number of likely N-dealkylation sites (tertiary alicyclic amines) is 1. The number of benzene rings is 1. The largest absolute Gasteiger partial charge is 0.356 e. The van der Waals surface area contributed by atoms with Gasteiger partial charge in [-0.05, 0) is 56.8 Å². The molecule has 0 unspecified atom stereocenters. The molecular formula is C26H33N5O. The van der Waals surface area contributed by atoms with E-state index in [1.807, 2.05) is 30.1 Å². The lowest BCUT2D eigenvalue weighted by molar-refractivity contribution is -0.134. The summed E-state index contributed by atoms with van der Waals surface area (Å²) in [4.78, 5) is 20.2. The monoisotopic (exact) mass is 431 g/mol. The highest BCUT2D eigenvalue weighted by molar-refractivity contribution is 5.84. The fourth-order valence-electron chi connectivity index (χ4n) is 4.88. The maximum atomic E-state index is 13.5. The van der Waals surface area contributed by atoms with E-state index in [4.69, 9.17) is 0 Å². The van der Waals surface area contributed by atoms with Gasteiger partial charge in [-0.3, -0.25) is 19.4 Å². The Morgan fingerprint density at radius 2 is 2.03 bits per heavy atom. The lowest BCUT2D eigenvalue weighted by Crippen LogP contribution is -2.53. The van der Waals surface area contributed by atoms with E-state index >= 15 is 0 Å². The molecule has 3 heterocycles. The van der Waals surface area contributed by atoms with E-state index in [1.54, 1.807) is 6.20 Å². The van der Waals surface area contributed by atoms with Crippen LogP contribution in [-0.2, 0) is 24.3 Å². The highest BCUT2D eigenvalue weighted by Gasteiger charge is 2.42. The molecule has 1 atom stereocenters. The molecule has 0 radical (unpaired) electrons. The van der Waals surface area contributed by atoms with Crippen LogP contribution in [0, 0.1) is 5.41 Å². The second kappa shape index (κ2) is 10.1. The second-order valence-electron chi connectivity index (χ2n) is 8.73. The van der Waals surface area contributed by atoms with E-state index in [-0.39, 0.29) is 5.91 Å². The predicted octanol–water partition coefficient (Wildman–Crippen LogP) is 3.93. The molecule has 0 spiro atoms. The van der Waals surface area contributed by atoms with Gasteiger partial charge in [-0.1, -0.05) is 30.3 Å². The molecule has 6 nitrogen and oxygen atoms in total. The van der Waals surface area contributed by atoms with E-state index in [9.17, 15) is 4.79 Å². The van der Waals surface area contributed by atoms with E-state index in [2.05, 4.69) is 63.8 Å². The molecule has 0 aliphatic carbocycles. The molecule has 6 heteroatoms. The zero-order chi connectivity index (χ0) is 22.4. The summed E-state index contributed by atoms with van der Waals surface area (Å²) in [6, 6.07) is 12.5. The summed E-state index contributed by atoms with van der Waals surface area (Å²) in [7, 11) is 0. The minimum Gasteiger partial charge on any atom is -0.356 e. The van der Waals surface area contributed by atoms with Crippen LogP contribution in [0.25, 0.3) is 11.1 Å². The number of carbonyl (C=O) groups is 1. The van der Waals surface area contributed by atoms with Crippen LogP contribution in [0.3, 0.4) is 0 Å². The van der Waals surface area contributed by atoms with Gasteiger partial charge in [-0.15, -0.1) is 0 Å². The molecule has 1 amide bonds. The van der Waals surface area contributed by atoms with Crippen molar-refractivity contribution in [3.05, 3.63) is 72.3 Å². The fraction of sp³-hybridized carbons (Fsp3) is 0.423. The van der Waals surface area contributed by atoms with Gasteiger partial charge in [-0.2, -0.15) is 5.10 Å². The lowest BCUT2D eigenvalue weighted by Gasteiger charge is -2.42. The van der Waals surface area contributed by atoms with Crippen molar-refractivity contribution in [2.45, 2.75) is 46.2 Å². The smallest absolute Gasteiger partial charge is 0.227 e. The Morgan fingerprint density at radius 1 is 1.16 bits per heavy atom. The van der Waals surface area contributed by atoms with E-state index in [0.29, 0.717) is 13.0 Å². The van der Waals surface area contributed by atoms with Crippen molar-refractivity contribution < 1.29 is 4.79 Å². The zero-order valence-electron chi connectivity index (χ0n) is 19.1. The highest BCUT2D eigenvalue weighted by Crippen LogP contribution is 2.37. The number of amides is 1. The number of carbonyl (C=O) groups excluding carboxylic acids is 1. The van der Waals surface area contributed by atoms with Gasteiger partial charge in [0, 0.05) is 55.9 Å². The lowest BCUT2D eigenvalue weighted by atomic mass is 9.73. The molecule has 3 aromatic rings. The van der Waals surface area contributed by atoms with Crippen LogP contribution >= 0.6 is 0 Å². The minimum absolute atomic E-state index is 0.162. The average molecular weight is 432 g/mol. The first-order valence-electron chi connectivity index (χ1n) is 11.6. The Labute approximate surface area is 190 Å². The minimum atomic E-state index is -0.451. The molecule has 0 bridgehead atoms. The van der Waals surface area contributed by atoms with Crippen LogP contribution < -0.4 is 5.32 Å². The summed E-state index contributed by atoms with van der Waals surface area (Å²) in [6.45, 7) is 8.18. The molecule has 1 aliphatic rings. The van der Waals surface area contributed by atoms with Crippen LogP contribution in [-0.4, -0.2) is 45.2 Å². The maximum absolute atomic E-state index is 13.5. The molecule has 1 fully saturated rings. The van der Waals surface area contributed by atoms with Crippen LogP contribution in [0.5, 0.6) is 0 Å². The van der Waals surface area contributed by atoms with Gasteiger partial charge in [0.1, 0.15) is 0 Å². The zero-order valence-corrected chi connectivity index (χ0v) is 19.1. The van der Waals surface area contributed by atoms with E-state index in [0.717, 1.165) is 50.1 Å². The van der Waals surface area contributed by atoms with E-state index in [1.165, 1.54) is 11.1 Å². The third-order valence-corrected chi connectivity index (χ3v) is 6.41. The summed E-state index contributed by atoms with van der Waals surface area (Å²) in [5.41, 5.74) is 4.20. The summed E-state index contributed by atoms with van der Waals surface area (Å²) >= 11 is 0. The van der Waals surface area contributed by atoms with Gasteiger partial charge in [0.2, 0.25) is 5.91 Å². The van der Waals surface area contributed by atoms with Crippen molar-refractivity contribution in [2.75, 3.05) is 19.6 Å². The number of pyridine rings is 1. The number of aromatic nitrogens is 3. The number of nitrogens with one attached hydrogen (secondary N) is 1. The summed E-state index contributed by atoms with van der Waals surface area (Å²) in [6.07, 6.45) is 10.4. The molecule has 1 saturated heterocycles. The number of hydrogen-bond donors (Lipinski definition) is 1. The highest BCUT2D eigenvalue weighted by atomic mass is 16.2. The standard InChI is InChI=1S/C26H33N5O/c1-3-28-25(32)26(12-8-14-30(20-26)18-21-16-29-31(4-2)19-21)15-22-9-5-6-11-24(22)23-10-7-13-27-17-23/h5-7,9-11,13,16-17,19H,3-4,8,12,14-15,18,20H2,1-2H3,(H,28,32)/t26-/m0/s1. The van der Waals surface area contributed by atoms with Crippen molar-refractivity contribution in [1.29, 1.82) is 0 Å². The van der Waals surface area contributed by atoms with Gasteiger partial charge in [0.15, 0.2) is 0 Å². The Morgan fingerprint density at radius 3 is 2.78 bits per heavy atom. The van der Waals surface area contributed by atoms with Crippen molar-refractivity contribution in [3.63, 3.8) is 0 Å². The van der Waals surface area contributed by atoms with Gasteiger partial charge >= 0.3 is 0 Å². The molecule has 1 N–H and O–H groups in total. The molecule has 2 aromatic heterocycles. The molecule has 168 valence electrons. The third kappa shape index (κ3) is 4.91. The third-order valence-electron chi connectivity index (χ3n) is 6.41. The van der Waals surface area contributed by atoms with Crippen LogP contribution in [0.2, 0.25) is 0 Å². The number of piperidine rings is 1. The summed E-state index contributed by atoms with van der Waals surface area (Å²) < 4.78 is 1.96. The Balaban J connectivity index is 1.62. The maximum Gasteiger partial charge on any atom is 0.227 e. The first kappa shape index (κ1) is 22.2. The predicted molar refractivity (Wildman–Crippen MR) is 127 cm³/mol. The first-order chi connectivity index (χ1) is 15.6. The Bertz CT molecular complexity index is 1030. The number of hydrogen-bond acceptors (Lipinski definition) is 4. The summed E-state index contributed by atoms with van der Waals surface area (Å²) in [5, 5.41) is 7.56. The van der Waals surface area contributed by atoms with Crippen molar-refractivity contribution in [3.8, 4) is 11.1 Å². The summed E-state index contributed by atoms with van der Waals surface area (Å²) in [5.74, 6) is 0.162. The molecular weight excluding hydrogens is 398 g/mol. The topological polar surface area (TPSA) is 63.1 Å². The molecule has 1 aliphatic heterocycles. The molecule has 32 heavy (non-hydrogen) atoms. The average Bonchev–Trinajstić information content (AvgIpc) is 3.28. The van der Waals surface area contributed by atoms with E-state index < -0.39 is 5.41 Å².